The summed E-state index contributed by atoms with van der Waals surface area (Å²) >= 11 is 0. The molecule has 1 atom stereocenters. The number of amides is 1. The van der Waals surface area contributed by atoms with Crippen LogP contribution in [-0.4, -0.2) is 50.9 Å². The molecule has 3 heterocycles. The number of benzene rings is 2. The largest absolute Gasteiger partial charge is 0.378 e. The second-order valence-corrected chi connectivity index (χ2v) is 8.21. The van der Waals surface area contributed by atoms with E-state index < -0.39 is 10.8 Å². The highest BCUT2D eigenvalue weighted by atomic mass is 32.2. The minimum absolute atomic E-state index is 0.120. The van der Waals surface area contributed by atoms with Gasteiger partial charge in [0.1, 0.15) is 5.82 Å². The Hall–Kier alpha value is -2.77. The Morgan fingerprint density at radius 2 is 1.71 bits per heavy atom. The summed E-state index contributed by atoms with van der Waals surface area (Å²) in [6.45, 7) is 2.15. The van der Waals surface area contributed by atoms with Crippen molar-refractivity contribution >= 4 is 16.7 Å². The molecule has 0 bridgehead atoms. The first-order valence-electron chi connectivity index (χ1n) is 9.26. The van der Waals surface area contributed by atoms with E-state index in [9.17, 15) is 9.00 Å². The molecule has 0 saturated carbocycles. The van der Waals surface area contributed by atoms with E-state index in [-0.39, 0.29) is 11.7 Å². The zero-order valence-electron chi connectivity index (χ0n) is 15.2. The predicted molar refractivity (Wildman–Crippen MR) is 106 cm³/mol. The number of imidazole rings is 1. The minimum Gasteiger partial charge on any atom is -0.378 e. The maximum absolute atomic E-state index is 13.2. The second-order valence-electron chi connectivity index (χ2n) is 6.79. The van der Waals surface area contributed by atoms with E-state index in [1.807, 2.05) is 59.2 Å². The number of ether oxygens (including phenoxy) is 1. The van der Waals surface area contributed by atoms with Crippen LogP contribution in [0.15, 0.2) is 59.5 Å². The van der Waals surface area contributed by atoms with Crippen molar-refractivity contribution in [1.29, 1.82) is 0 Å². The smallest absolute Gasteiger partial charge is 0.274 e. The molecule has 1 saturated heterocycles. The lowest BCUT2D eigenvalue weighted by Crippen LogP contribution is -2.41. The van der Waals surface area contributed by atoms with Crippen LogP contribution in [0.1, 0.15) is 16.2 Å². The van der Waals surface area contributed by atoms with Gasteiger partial charge < -0.3 is 9.64 Å². The molecule has 0 N–H and O–H groups in total. The third-order valence-corrected chi connectivity index (χ3v) is 6.50. The molecular formula is C21H19N3O3S. The molecule has 142 valence electrons. The molecule has 1 amide bonds. The van der Waals surface area contributed by atoms with Gasteiger partial charge in [-0.1, -0.05) is 42.5 Å². The Balaban J connectivity index is 1.72. The molecule has 0 radical (unpaired) electrons. The number of para-hydroxylation sites is 1. The fraction of sp³-hybridized carbons (Fsp3) is 0.238. The molecule has 7 heteroatoms. The average molecular weight is 393 g/mol. The van der Waals surface area contributed by atoms with Crippen molar-refractivity contribution in [2.24, 2.45) is 0 Å². The van der Waals surface area contributed by atoms with Crippen molar-refractivity contribution in [3.63, 3.8) is 0 Å². The van der Waals surface area contributed by atoms with Crippen LogP contribution in [0.25, 0.3) is 17.1 Å². The van der Waals surface area contributed by atoms with Crippen molar-refractivity contribution < 1.29 is 13.7 Å². The van der Waals surface area contributed by atoms with Gasteiger partial charge in [0, 0.05) is 18.7 Å². The Bertz CT molecular complexity index is 1070. The first-order valence-corrected chi connectivity index (χ1v) is 10.6. The van der Waals surface area contributed by atoms with E-state index in [4.69, 9.17) is 9.72 Å². The molecule has 2 aromatic carbocycles. The number of aromatic nitrogens is 2. The highest BCUT2D eigenvalue weighted by Gasteiger charge is 2.33. The minimum atomic E-state index is -1.21. The fourth-order valence-corrected chi connectivity index (χ4v) is 5.04. The Morgan fingerprint density at radius 3 is 2.50 bits per heavy atom. The fourth-order valence-electron chi connectivity index (χ4n) is 3.75. The first-order chi connectivity index (χ1) is 13.7. The van der Waals surface area contributed by atoms with Gasteiger partial charge in [-0.2, -0.15) is 0 Å². The lowest BCUT2D eigenvalue weighted by molar-refractivity contribution is 0.0298. The van der Waals surface area contributed by atoms with E-state index in [2.05, 4.69) is 0 Å². The topological polar surface area (TPSA) is 64.4 Å². The zero-order chi connectivity index (χ0) is 19.1. The van der Waals surface area contributed by atoms with Gasteiger partial charge in [-0.15, -0.1) is 0 Å². The molecular weight excluding hydrogens is 374 g/mol. The maximum Gasteiger partial charge on any atom is 0.274 e. The molecule has 2 aliphatic rings. The molecule has 2 aliphatic heterocycles. The normalized spacial score (nSPS) is 18.4. The maximum atomic E-state index is 13.2. The molecule has 6 nitrogen and oxygen atoms in total. The quantitative estimate of drug-likeness (QED) is 0.671. The van der Waals surface area contributed by atoms with Gasteiger partial charge in [0.25, 0.3) is 5.91 Å². The summed E-state index contributed by atoms with van der Waals surface area (Å²) < 4.78 is 20.2. The average Bonchev–Trinajstić information content (AvgIpc) is 3.14. The molecule has 28 heavy (non-hydrogen) atoms. The van der Waals surface area contributed by atoms with Gasteiger partial charge in [-0.05, 0) is 12.1 Å². The highest BCUT2D eigenvalue weighted by Crippen LogP contribution is 2.35. The molecule has 0 aliphatic carbocycles. The van der Waals surface area contributed by atoms with Crippen molar-refractivity contribution in [2.45, 2.75) is 10.6 Å². The van der Waals surface area contributed by atoms with Gasteiger partial charge >= 0.3 is 0 Å². The number of nitrogens with zero attached hydrogens (tertiary/aromatic N) is 3. The van der Waals surface area contributed by atoms with Gasteiger partial charge in [0.05, 0.1) is 46.0 Å². The van der Waals surface area contributed by atoms with E-state index in [0.29, 0.717) is 43.5 Å². The lowest BCUT2D eigenvalue weighted by Gasteiger charge is -2.27. The van der Waals surface area contributed by atoms with Crippen molar-refractivity contribution in [3.8, 4) is 17.1 Å². The number of hydrogen-bond donors (Lipinski definition) is 0. The third-order valence-electron chi connectivity index (χ3n) is 5.12. The summed E-state index contributed by atoms with van der Waals surface area (Å²) in [5, 5.41) is 0. The van der Waals surface area contributed by atoms with E-state index in [1.165, 1.54) is 0 Å². The summed E-state index contributed by atoms with van der Waals surface area (Å²) in [6, 6.07) is 17.4. The second kappa shape index (κ2) is 7.00. The van der Waals surface area contributed by atoms with Crippen LogP contribution < -0.4 is 0 Å². The van der Waals surface area contributed by atoms with Crippen LogP contribution in [-0.2, 0) is 21.3 Å². The van der Waals surface area contributed by atoms with E-state index in [0.717, 1.165) is 16.1 Å². The van der Waals surface area contributed by atoms with Crippen LogP contribution in [0.3, 0.4) is 0 Å². The number of morpholine rings is 1. The summed E-state index contributed by atoms with van der Waals surface area (Å²) in [4.78, 5) is 20.5. The van der Waals surface area contributed by atoms with Crippen molar-refractivity contribution in [1.82, 2.24) is 14.5 Å². The van der Waals surface area contributed by atoms with Gasteiger partial charge in [0.15, 0.2) is 5.69 Å². The van der Waals surface area contributed by atoms with Crippen LogP contribution in [0.2, 0.25) is 0 Å². The number of carbonyl (C=O) groups is 1. The van der Waals surface area contributed by atoms with Crippen LogP contribution >= 0.6 is 0 Å². The monoisotopic (exact) mass is 393 g/mol. The molecule has 1 unspecified atom stereocenters. The van der Waals surface area contributed by atoms with E-state index >= 15 is 0 Å². The van der Waals surface area contributed by atoms with Crippen LogP contribution in [0, 0.1) is 0 Å². The van der Waals surface area contributed by atoms with Crippen molar-refractivity contribution in [3.05, 3.63) is 66.0 Å². The summed E-state index contributed by atoms with van der Waals surface area (Å²) in [5.74, 6) is 0.865. The van der Waals surface area contributed by atoms with Gasteiger partial charge in [-0.3, -0.25) is 13.6 Å². The highest BCUT2D eigenvalue weighted by molar-refractivity contribution is 7.84. The lowest BCUT2D eigenvalue weighted by atomic mass is 10.2. The number of rotatable bonds is 2. The Labute approximate surface area is 165 Å². The Kier molecular flexibility index (Phi) is 4.33. The third kappa shape index (κ3) is 2.78. The molecule has 1 aromatic heterocycles. The summed E-state index contributed by atoms with van der Waals surface area (Å²) in [6.07, 6.45) is 0. The van der Waals surface area contributed by atoms with Crippen LogP contribution in [0.5, 0.6) is 0 Å². The molecule has 5 rings (SSSR count). The van der Waals surface area contributed by atoms with E-state index in [1.54, 1.807) is 4.90 Å². The number of hydrogen-bond acceptors (Lipinski definition) is 4. The summed E-state index contributed by atoms with van der Waals surface area (Å²) in [5.41, 5.74) is 2.86. The van der Waals surface area contributed by atoms with Crippen LogP contribution in [0.4, 0.5) is 0 Å². The SMILES string of the molecule is O=C(c1nc(-c2ccccc2)n2c1CS(=O)c1ccccc1-2)N1CCOCC1. The molecule has 1 fully saturated rings. The van der Waals surface area contributed by atoms with Crippen molar-refractivity contribution in [2.75, 3.05) is 26.3 Å². The summed E-state index contributed by atoms with van der Waals surface area (Å²) in [7, 11) is -1.21. The number of carbonyl (C=O) groups excluding carboxylic acids is 1. The number of fused-ring (bicyclic) bond motifs is 3. The molecule has 0 spiro atoms. The van der Waals surface area contributed by atoms with Gasteiger partial charge in [-0.25, -0.2) is 4.98 Å². The Morgan fingerprint density at radius 1 is 1.00 bits per heavy atom. The standard InChI is InChI=1S/C21H19N3O3S/c25-21(23-10-12-27-13-11-23)19-17-14-28(26)18-9-5-4-8-16(18)24(17)20(22-19)15-6-2-1-3-7-15/h1-9H,10-14H2. The predicted octanol–water partition coefficient (Wildman–Crippen LogP) is 2.63. The molecule has 3 aromatic rings. The zero-order valence-corrected chi connectivity index (χ0v) is 16.0. The van der Waals surface area contributed by atoms with Gasteiger partial charge in [0.2, 0.25) is 0 Å². The first kappa shape index (κ1) is 17.3.